The van der Waals surface area contributed by atoms with Crippen molar-refractivity contribution in [1.29, 1.82) is 0 Å². The quantitative estimate of drug-likeness (QED) is 0.163. The van der Waals surface area contributed by atoms with Crippen molar-refractivity contribution in [1.82, 2.24) is 9.55 Å². The molecule has 1 aliphatic heterocycles. The fourth-order valence-electron chi connectivity index (χ4n) is 7.80. The molecule has 0 atom stereocenters. The monoisotopic (exact) mass is 740 g/mol. The lowest BCUT2D eigenvalue weighted by Gasteiger charge is -2.28. The summed E-state index contributed by atoms with van der Waals surface area (Å²) < 4.78 is 123. The molecule has 0 amide bonds. The van der Waals surface area contributed by atoms with Crippen molar-refractivity contribution in [3.8, 4) is 28.1 Å². The Kier molecular flexibility index (Phi) is 5.81. The van der Waals surface area contributed by atoms with Crippen LogP contribution in [0.1, 0.15) is 30.4 Å². The van der Waals surface area contributed by atoms with E-state index in [4.69, 9.17) is 13.7 Å². The van der Waals surface area contributed by atoms with Gasteiger partial charge in [-0.2, -0.15) is 8.78 Å². The number of rotatable bonds is 7. The van der Waals surface area contributed by atoms with E-state index in [1.165, 1.54) is 30.3 Å². The number of anilines is 4. The number of alkyl halides is 2. The lowest BCUT2D eigenvalue weighted by Crippen LogP contribution is -2.25. The normalized spacial score (nSPS) is 15.3. The fourth-order valence-corrected chi connectivity index (χ4v) is 7.80. The second-order valence-electron chi connectivity index (χ2n) is 13.6. The number of pyridine rings is 1. The van der Waals surface area contributed by atoms with Gasteiger partial charge in [-0.05, 0) is 78.2 Å². The molecular formula is C50H36F2N4. The molecule has 3 heterocycles. The fraction of sp³-hybridized carbons (Fsp3) is 0.0600. The van der Waals surface area contributed by atoms with Crippen LogP contribution in [0.3, 0.4) is 0 Å². The van der Waals surface area contributed by atoms with Crippen molar-refractivity contribution in [3.63, 3.8) is 0 Å². The van der Waals surface area contributed by atoms with Gasteiger partial charge in [-0.1, -0.05) is 127 Å². The van der Waals surface area contributed by atoms with Crippen LogP contribution in [0.15, 0.2) is 188 Å². The molecule has 0 saturated heterocycles. The maximum atomic E-state index is 17.3. The van der Waals surface area contributed by atoms with Crippen LogP contribution in [0.25, 0.3) is 49.9 Å². The molecule has 0 bridgehead atoms. The lowest BCUT2D eigenvalue weighted by molar-refractivity contribution is 0.0429. The van der Waals surface area contributed by atoms with E-state index in [0.29, 0.717) is 34.0 Å². The Morgan fingerprint density at radius 1 is 0.589 bits per heavy atom. The van der Waals surface area contributed by atoms with Crippen LogP contribution in [-0.2, 0) is 5.92 Å². The number of benzene rings is 7. The van der Waals surface area contributed by atoms with Crippen molar-refractivity contribution >= 4 is 44.6 Å². The second kappa shape index (κ2) is 13.4. The summed E-state index contributed by atoms with van der Waals surface area (Å²) in [5, 5.41) is 1.69. The first-order valence-electron chi connectivity index (χ1n) is 23.0. The Balaban J connectivity index is 1.15. The van der Waals surface area contributed by atoms with Crippen molar-refractivity contribution in [2.24, 2.45) is 0 Å². The summed E-state index contributed by atoms with van der Waals surface area (Å²) in [5.41, 5.74) is 3.02. The minimum atomic E-state index is -3.50. The molecule has 0 fully saturated rings. The van der Waals surface area contributed by atoms with Crippen molar-refractivity contribution in [3.05, 3.63) is 205 Å². The zero-order valence-electron chi connectivity index (χ0n) is 39.9. The summed E-state index contributed by atoms with van der Waals surface area (Å²) in [4.78, 5) is 8.12. The standard InChI is InChI=1S/C50H36F2N4/c1-34-29-38(50(51,52)37-26-27-43-42-19-8-9-22-44(42)56(47(43)32-37)48-25-12-13-28-53-48)31-39(30-34)54-33-55(46-24-11-10-23-45(46)54)49-40(35-15-4-2-5-16-35)20-14-21-41(49)36-17-6-3-7-18-36/h2-32H,33H2,1H3/i2D,3D,4D,5D,6D,7D,15D,16D,17D,18D. The summed E-state index contributed by atoms with van der Waals surface area (Å²) in [5.74, 6) is -2.91. The number of halogens is 2. The molecule has 0 N–H and O–H groups in total. The molecule has 0 radical (unpaired) electrons. The van der Waals surface area contributed by atoms with Gasteiger partial charge in [0.1, 0.15) is 12.5 Å². The average Bonchev–Trinajstić information content (AvgIpc) is 3.88. The molecule has 0 saturated carbocycles. The average molecular weight is 741 g/mol. The molecule has 6 heteroatoms. The van der Waals surface area contributed by atoms with E-state index in [-0.39, 0.29) is 45.7 Å². The van der Waals surface area contributed by atoms with Gasteiger partial charge in [-0.3, -0.25) is 4.57 Å². The predicted octanol–water partition coefficient (Wildman–Crippen LogP) is 13.2. The van der Waals surface area contributed by atoms with E-state index < -0.39 is 66.3 Å². The molecule has 56 heavy (non-hydrogen) atoms. The minimum Gasteiger partial charge on any atom is -0.321 e. The predicted molar refractivity (Wildman–Crippen MR) is 226 cm³/mol. The second-order valence-corrected chi connectivity index (χ2v) is 13.6. The van der Waals surface area contributed by atoms with Crippen LogP contribution in [0.2, 0.25) is 0 Å². The third-order valence-corrected chi connectivity index (χ3v) is 10.2. The number of para-hydroxylation sites is 4. The third-order valence-electron chi connectivity index (χ3n) is 10.2. The van der Waals surface area contributed by atoms with Gasteiger partial charge < -0.3 is 9.80 Å². The van der Waals surface area contributed by atoms with Crippen molar-refractivity contribution in [2.45, 2.75) is 12.8 Å². The van der Waals surface area contributed by atoms with E-state index in [1.807, 2.05) is 45.9 Å². The van der Waals surface area contributed by atoms with Crippen LogP contribution < -0.4 is 9.80 Å². The number of nitrogens with zero attached hydrogens (tertiary/aromatic N) is 4. The number of aromatic nitrogens is 2. The van der Waals surface area contributed by atoms with Crippen molar-refractivity contribution < 1.29 is 22.5 Å². The molecule has 0 spiro atoms. The van der Waals surface area contributed by atoms with Crippen LogP contribution in [0.4, 0.5) is 31.5 Å². The van der Waals surface area contributed by atoms with Gasteiger partial charge in [-0.25, -0.2) is 4.98 Å². The van der Waals surface area contributed by atoms with Crippen molar-refractivity contribution in [2.75, 3.05) is 16.5 Å². The van der Waals surface area contributed by atoms with Gasteiger partial charge >= 0.3 is 0 Å². The summed E-state index contributed by atoms with van der Waals surface area (Å²) >= 11 is 0. The van der Waals surface area contributed by atoms with Gasteiger partial charge in [0.2, 0.25) is 0 Å². The smallest absolute Gasteiger partial charge is 0.298 e. The van der Waals surface area contributed by atoms with Crippen LogP contribution >= 0.6 is 0 Å². The molecule has 4 nitrogen and oxygen atoms in total. The van der Waals surface area contributed by atoms with Crippen LogP contribution in [-0.4, -0.2) is 16.2 Å². The maximum Gasteiger partial charge on any atom is 0.298 e. The van der Waals surface area contributed by atoms with E-state index >= 15 is 8.78 Å². The molecule has 0 aliphatic carbocycles. The van der Waals surface area contributed by atoms with Gasteiger partial charge in [-0.15, -0.1) is 0 Å². The molecule has 0 unspecified atom stereocenters. The molecule has 1 aliphatic rings. The topological polar surface area (TPSA) is 24.3 Å². The van der Waals surface area contributed by atoms with Crippen LogP contribution in [0.5, 0.6) is 0 Å². The summed E-state index contributed by atoms with van der Waals surface area (Å²) in [6, 6.07) is 28.7. The minimum absolute atomic E-state index is 0.0781. The van der Waals surface area contributed by atoms with E-state index in [9.17, 15) is 0 Å². The Hall–Kier alpha value is -7.05. The molecule has 270 valence electrons. The highest BCUT2D eigenvalue weighted by molar-refractivity contribution is 6.09. The Morgan fingerprint density at radius 3 is 1.93 bits per heavy atom. The zero-order chi connectivity index (χ0) is 46.5. The van der Waals surface area contributed by atoms with Gasteiger partial charge in [0, 0.05) is 44.9 Å². The largest absolute Gasteiger partial charge is 0.321 e. The summed E-state index contributed by atoms with van der Waals surface area (Å²) in [6.07, 6.45) is 1.66. The van der Waals surface area contributed by atoms with Gasteiger partial charge in [0.15, 0.2) is 0 Å². The Bertz CT molecular complexity index is 3340. The summed E-state index contributed by atoms with van der Waals surface area (Å²) in [7, 11) is 0. The highest BCUT2D eigenvalue weighted by atomic mass is 19.3. The highest BCUT2D eigenvalue weighted by Crippen LogP contribution is 2.51. The van der Waals surface area contributed by atoms with E-state index in [1.54, 1.807) is 72.6 Å². The zero-order valence-corrected chi connectivity index (χ0v) is 29.9. The number of fused-ring (bicyclic) bond motifs is 4. The first kappa shape index (κ1) is 24.4. The number of aryl methyl sites for hydroxylation is 1. The third kappa shape index (κ3) is 5.52. The number of hydrogen-bond acceptors (Lipinski definition) is 3. The van der Waals surface area contributed by atoms with E-state index in [2.05, 4.69) is 4.98 Å². The first-order valence-corrected chi connectivity index (χ1v) is 18.0. The Labute approximate surface area is 338 Å². The molecule has 10 rings (SSSR count). The van der Waals surface area contributed by atoms with Crippen LogP contribution in [0, 0.1) is 6.92 Å². The van der Waals surface area contributed by atoms with Gasteiger partial charge in [0.05, 0.1) is 41.8 Å². The molecule has 7 aromatic carbocycles. The molecule has 2 aromatic heterocycles. The molecule has 9 aromatic rings. The SMILES string of the molecule is [2H]c1c([2H])c([2H])c(-c2cccc(-c3c([2H])c([2H])c([2H])c([2H])c3[2H])c2N2CN(c3cc(C)cc(C(F)(F)c4ccc5c6ccccc6n(-c6ccccn6)c5c4)c3)c3ccccc32)c([2H])c1[2H]. The number of hydrogen-bond donors (Lipinski definition) is 0. The highest BCUT2D eigenvalue weighted by Gasteiger charge is 2.37. The van der Waals surface area contributed by atoms with E-state index in [0.717, 1.165) is 16.3 Å². The lowest BCUT2D eigenvalue weighted by atomic mass is 9.95. The molecular weight excluding hydrogens is 695 g/mol. The maximum absolute atomic E-state index is 17.3. The van der Waals surface area contributed by atoms with Gasteiger partial charge in [0.25, 0.3) is 5.92 Å². The Morgan fingerprint density at radius 2 is 1.23 bits per heavy atom. The summed E-state index contributed by atoms with van der Waals surface area (Å²) in [6.45, 7) is 1.65. The first-order chi connectivity index (χ1) is 31.6.